The zero-order valence-electron chi connectivity index (χ0n) is 22.6. The van der Waals surface area contributed by atoms with E-state index in [0.29, 0.717) is 17.0 Å². The Morgan fingerprint density at radius 1 is 0.974 bits per heavy atom. The molecule has 1 fully saturated rings. The van der Waals surface area contributed by atoms with Crippen molar-refractivity contribution in [3.05, 3.63) is 119 Å². The Balaban J connectivity index is 1.27. The minimum absolute atomic E-state index is 0.0154. The fraction of sp³-hybridized carbons (Fsp3) is 0.343. The molecule has 2 nitrogen and oxygen atoms in total. The largest absolute Gasteiger partial charge is 0.459 e. The molecule has 4 rings (SSSR count). The van der Waals surface area contributed by atoms with Crippen LogP contribution in [0, 0.1) is 11.7 Å². The van der Waals surface area contributed by atoms with Gasteiger partial charge >= 0.3 is 5.97 Å². The van der Waals surface area contributed by atoms with E-state index in [4.69, 9.17) is 4.74 Å². The molecule has 0 spiro atoms. The van der Waals surface area contributed by atoms with Gasteiger partial charge in [0.15, 0.2) is 0 Å². The number of rotatable bonds is 10. The molecule has 1 aliphatic rings. The van der Waals surface area contributed by atoms with Crippen LogP contribution in [0.15, 0.2) is 84.9 Å². The van der Waals surface area contributed by atoms with E-state index in [1.807, 2.05) is 48.5 Å². The van der Waals surface area contributed by atoms with Gasteiger partial charge in [0.05, 0.1) is 5.56 Å². The van der Waals surface area contributed by atoms with Crippen molar-refractivity contribution in [2.24, 2.45) is 5.92 Å². The number of halogens is 1. The van der Waals surface area contributed by atoms with Gasteiger partial charge < -0.3 is 4.74 Å². The van der Waals surface area contributed by atoms with E-state index in [1.54, 1.807) is 24.3 Å². The van der Waals surface area contributed by atoms with Crippen LogP contribution in [-0.2, 0) is 11.2 Å². The number of hydrogen-bond donors (Lipinski definition) is 0. The highest BCUT2D eigenvalue weighted by Crippen LogP contribution is 2.30. The second-order valence-corrected chi connectivity index (χ2v) is 10.5. The second-order valence-electron chi connectivity index (χ2n) is 10.5. The van der Waals surface area contributed by atoms with Crippen LogP contribution >= 0.6 is 0 Å². The molecule has 1 aliphatic carbocycles. The van der Waals surface area contributed by atoms with Crippen LogP contribution in [-0.4, -0.2) is 12.1 Å². The molecule has 198 valence electrons. The zero-order valence-corrected chi connectivity index (χ0v) is 22.6. The molecule has 1 saturated carbocycles. The van der Waals surface area contributed by atoms with Gasteiger partial charge in [-0.1, -0.05) is 85.8 Å². The third-order valence-corrected chi connectivity index (χ3v) is 7.62. The summed E-state index contributed by atoms with van der Waals surface area (Å²) in [5, 5.41) is 0. The lowest BCUT2D eigenvalue weighted by molar-refractivity contribution is 0.0162. The Labute approximate surface area is 227 Å². The Kier molecular flexibility index (Phi) is 10.1. The van der Waals surface area contributed by atoms with E-state index < -0.39 is 0 Å². The van der Waals surface area contributed by atoms with Crippen molar-refractivity contribution in [3.63, 3.8) is 0 Å². The highest BCUT2D eigenvalue weighted by atomic mass is 19.1. The molecule has 0 bridgehead atoms. The van der Waals surface area contributed by atoms with Gasteiger partial charge in [-0.2, -0.15) is 0 Å². The van der Waals surface area contributed by atoms with E-state index >= 15 is 0 Å². The summed E-state index contributed by atoms with van der Waals surface area (Å²) in [6.45, 7) is 4.23. The van der Waals surface area contributed by atoms with E-state index in [-0.39, 0.29) is 17.9 Å². The van der Waals surface area contributed by atoms with Crippen molar-refractivity contribution in [1.29, 1.82) is 0 Å². The fourth-order valence-electron chi connectivity index (χ4n) is 5.26. The maximum atomic E-state index is 14.8. The lowest BCUT2D eigenvalue weighted by atomic mass is 9.84. The molecule has 0 aliphatic heterocycles. The van der Waals surface area contributed by atoms with Gasteiger partial charge in [-0.25, -0.2) is 9.18 Å². The summed E-state index contributed by atoms with van der Waals surface area (Å²) >= 11 is 0. The predicted molar refractivity (Wildman–Crippen MR) is 156 cm³/mol. The first-order valence-electron chi connectivity index (χ1n) is 14.0. The average molecular weight is 511 g/mol. The first kappa shape index (κ1) is 27.6. The van der Waals surface area contributed by atoms with Gasteiger partial charge in [-0.3, -0.25) is 0 Å². The normalized spacial score (nSPS) is 18.6. The molecule has 38 heavy (non-hydrogen) atoms. The predicted octanol–water partition coefficient (Wildman–Crippen LogP) is 9.41. The summed E-state index contributed by atoms with van der Waals surface area (Å²) in [4.78, 5) is 12.6. The molecular weight excluding hydrogens is 471 g/mol. The van der Waals surface area contributed by atoms with Crippen LogP contribution in [0.3, 0.4) is 0 Å². The Bertz CT molecular complexity index is 1220. The molecule has 0 radical (unpaired) electrons. The fourth-order valence-corrected chi connectivity index (χ4v) is 5.26. The smallest absolute Gasteiger partial charge is 0.338 e. The number of esters is 1. The molecule has 0 amide bonds. The van der Waals surface area contributed by atoms with Crippen molar-refractivity contribution < 1.29 is 13.9 Å². The molecule has 0 N–H and O–H groups in total. The monoisotopic (exact) mass is 510 g/mol. The quantitative estimate of drug-likeness (QED) is 0.154. The maximum Gasteiger partial charge on any atom is 0.338 e. The van der Waals surface area contributed by atoms with Crippen LogP contribution in [0.5, 0.6) is 0 Å². The van der Waals surface area contributed by atoms with Crippen molar-refractivity contribution in [2.45, 2.75) is 70.8 Å². The standard InChI is InChI=1S/C35H39FO2/c1-3-4-6-9-27-16-22-33(23-17-27)38-35(37)32-20-13-28(14-21-32)12-18-31-19-15-29(25-34(31)36)24-26(2)30-10-7-5-8-11-30/h3-5,7-8,10-15,18-21,25-27,33H,6,9,16-17,22-24H2,1-2H3/b4-3+,18-12+. The van der Waals surface area contributed by atoms with Crippen LogP contribution in [0.4, 0.5) is 4.39 Å². The topological polar surface area (TPSA) is 26.3 Å². The number of allylic oxidation sites excluding steroid dienone is 2. The summed E-state index contributed by atoms with van der Waals surface area (Å²) in [6, 6.07) is 23.1. The van der Waals surface area contributed by atoms with Crippen molar-refractivity contribution in [3.8, 4) is 0 Å². The number of carbonyl (C=O) groups is 1. The van der Waals surface area contributed by atoms with Gasteiger partial charge in [0, 0.05) is 5.56 Å². The van der Waals surface area contributed by atoms with Gasteiger partial charge in [0.2, 0.25) is 0 Å². The molecule has 0 aromatic heterocycles. The first-order valence-corrected chi connectivity index (χ1v) is 14.0. The van der Waals surface area contributed by atoms with Crippen molar-refractivity contribution >= 4 is 18.1 Å². The molecule has 0 heterocycles. The van der Waals surface area contributed by atoms with Gasteiger partial charge in [0.25, 0.3) is 0 Å². The third-order valence-electron chi connectivity index (χ3n) is 7.62. The Morgan fingerprint density at radius 2 is 1.71 bits per heavy atom. The molecular formula is C35H39FO2. The van der Waals surface area contributed by atoms with Crippen LogP contribution < -0.4 is 0 Å². The molecule has 0 saturated heterocycles. The van der Waals surface area contributed by atoms with Crippen molar-refractivity contribution in [2.75, 3.05) is 0 Å². The Hall–Kier alpha value is -3.46. The first-order chi connectivity index (χ1) is 18.5. The average Bonchev–Trinajstić information content (AvgIpc) is 2.94. The minimum atomic E-state index is -0.260. The summed E-state index contributed by atoms with van der Waals surface area (Å²) in [7, 11) is 0. The lowest BCUT2D eigenvalue weighted by Crippen LogP contribution is -2.24. The molecule has 1 atom stereocenters. The zero-order chi connectivity index (χ0) is 26.7. The number of ether oxygens (including phenoxy) is 1. The van der Waals surface area contributed by atoms with E-state index in [9.17, 15) is 9.18 Å². The third kappa shape index (κ3) is 8.02. The number of hydrogen-bond acceptors (Lipinski definition) is 2. The van der Waals surface area contributed by atoms with Crippen LogP contribution in [0.1, 0.15) is 90.9 Å². The lowest BCUT2D eigenvalue weighted by Gasteiger charge is -2.28. The van der Waals surface area contributed by atoms with Crippen molar-refractivity contribution in [1.82, 2.24) is 0 Å². The summed E-state index contributed by atoms with van der Waals surface area (Å²) in [5.41, 5.74) is 4.25. The highest BCUT2D eigenvalue weighted by molar-refractivity contribution is 5.90. The van der Waals surface area contributed by atoms with Gasteiger partial charge in [0.1, 0.15) is 11.9 Å². The van der Waals surface area contributed by atoms with E-state index in [1.165, 1.54) is 12.0 Å². The van der Waals surface area contributed by atoms with Gasteiger partial charge in [-0.15, -0.1) is 0 Å². The summed E-state index contributed by atoms with van der Waals surface area (Å²) < 4.78 is 20.6. The molecule has 3 aromatic rings. The molecule has 3 aromatic carbocycles. The van der Waals surface area contributed by atoms with Crippen LogP contribution in [0.25, 0.3) is 12.2 Å². The summed E-state index contributed by atoms with van der Waals surface area (Å²) in [6.07, 6.45) is 15.3. The second kappa shape index (κ2) is 13.9. The minimum Gasteiger partial charge on any atom is -0.459 e. The summed E-state index contributed by atoms with van der Waals surface area (Å²) in [5.74, 6) is 0.580. The van der Waals surface area contributed by atoms with E-state index in [0.717, 1.165) is 55.6 Å². The van der Waals surface area contributed by atoms with Crippen LogP contribution in [0.2, 0.25) is 0 Å². The maximum absolute atomic E-state index is 14.8. The number of benzene rings is 3. The highest BCUT2D eigenvalue weighted by Gasteiger charge is 2.24. The molecule has 1 unspecified atom stereocenters. The number of carbonyl (C=O) groups excluding carboxylic acids is 1. The SMILES string of the molecule is C/C=C/CCC1CCC(OC(=O)c2ccc(/C=C/c3ccc(CC(C)c4ccccc4)cc3F)cc2)CC1. The Morgan fingerprint density at radius 3 is 2.39 bits per heavy atom. The molecule has 3 heteroatoms. The van der Waals surface area contributed by atoms with Gasteiger partial charge in [-0.05, 0) is 98.6 Å². The van der Waals surface area contributed by atoms with E-state index in [2.05, 4.69) is 38.1 Å².